The number of fused-ring (bicyclic) bond motifs is 2. The van der Waals surface area contributed by atoms with Gasteiger partial charge < -0.3 is 20.3 Å². The molecule has 2 heterocycles. The van der Waals surface area contributed by atoms with Gasteiger partial charge in [0.1, 0.15) is 17.7 Å². The van der Waals surface area contributed by atoms with Gasteiger partial charge in [-0.15, -0.1) is 0 Å². The Balaban J connectivity index is 1.18. The number of carbonyl (C=O) groups excluding carboxylic acids is 1. The maximum Gasteiger partial charge on any atom is 0.224 e. The molecule has 0 unspecified atom stereocenters. The van der Waals surface area contributed by atoms with Crippen LogP contribution in [-0.2, 0) is 11.2 Å². The van der Waals surface area contributed by atoms with Gasteiger partial charge in [-0.2, -0.15) is 0 Å². The first kappa shape index (κ1) is 20.4. The highest BCUT2D eigenvalue weighted by Gasteiger charge is 2.52. The molecule has 31 heavy (non-hydrogen) atoms. The molecular formula is C24H27FN2O4. The van der Waals surface area contributed by atoms with E-state index >= 15 is 0 Å². The highest BCUT2D eigenvalue weighted by Crippen LogP contribution is 2.43. The fourth-order valence-corrected chi connectivity index (χ4v) is 5.28. The zero-order valence-corrected chi connectivity index (χ0v) is 17.3. The first-order valence-corrected chi connectivity index (χ1v) is 10.9. The van der Waals surface area contributed by atoms with E-state index in [4.69, 9.17) is 4.74 Å². The number of nitrogens with one attached hydrogen (secondary N) is 1. The number of aryl methyl sites for hydroxylation is 1. The van der Waals surface area contributed by atoms with Crippen molar-refractivity contribution in [2.24, 2.45) is 5.92 Å². The number of carbonyl (C=O) groups is 1. The lowest BCUT2D eigenvalue weighted by Gasteiger charge is -2.25. The Hall–Kier alpha value is -2.48. The minimum atomic E-state index is -0.829. The van der Waals surface area contributed by atoms with Crippen LogP contribution in [0.5, 0.6) is 5.75 Å². The van der Waals surface area contributed by atoms with Crippen LogP contribution in [0.3, 0.4) is 0 Å². The molecule has 164 valence electrons. The SMILES string of the molecule is O=C1CCc2cc([C@@H](O)CN3C[C@H]4C[C@H](Oc5ccc(F)cc5)C[C@@]4(O)C3)ccc2N1. The van der Waals surface area contributed by atoms with Gasteiger partial charge in [0.15, 0.2) is 0 Å². The Morgan fingerprint density at radius 1 is 1.23 bits per heavy atom. The summed E-state index contributed by atoms with van der Waals surface area (Å²) in [5, 5.41) is 24.8. The maximum atomic E-state index is 13.1. The van der Waals surface area contributed by atoms with Crippen LogP contribution in [0.4, 0.5) is 10.1 Å². The van der Waals surface area contributed by atoms with Crippen molar-refractivity contribution in [2.45, 2.75) is 43.5 Å². The third-order valence-corrected chi connectivity index (χ3v) is 6.82. The molecule has 0 radical (unpaired) electrons. The lowest BCUT2D eigenvalue weighted by Crippen LogP contribution is -2.36. The third-order valence-electron chi connectivity index (χ3n) is 6.82. The van der Waals surface area contributed by atoms with Crippen molar-refractivity contribution in [1.29, 1.82) is 0 Å². The highest BCUT2D eigenvalue weighted by atomic mass is 19.1. The summed E-state index contributed by atoms with van der Waals surface area (Å²) in [6.45, 7) is 1.66. The van der Waals surface area contributed by atoms with Crippen molar-refractivity contribution >= 4 is 11.6 Å². The van der Waals surface area contributed by atoms with Gasteiger partial charge in [0.05, 0.1) is 11.7 Å². The quantitative estimate of drug-likeness (QED) is 0.685. The molecule has 1 aliphatic carbocycles. The van der Waals surface area contributed by atoms with Gasteiger partial charge in [-0.3, -0.25) is 9.69 Å². The Kier molecular flexibility index (Phi) is 5.20. The van der Waals surface area contributed by atoms with Crippen LogP contribution in [0, 0.1) is 11.7 Å². The summed E-state index contributed by atoms with van der Waals surface area (Å²) in [5.41, 5.74) is 1.87. The van der Waals surface area contributed by atoms with Crippen LogP contribution in [0.25, 0.3) is 0 Å². The van der Waals surface area contributed by atoms with Crippen molar-refractivity contribution in [3.63, 3.8) is 0 Å². The Labute approximate surface area is 180 Å². The second kappa shape index (κ2) is 7.89. The molecule has 6 nitrogen and oxygen atoms in total. The first-order chi connectivity index (χ1) is 14.9. The van der Waals surface area contributed by atoms with E-state index in [-0.39, 0.29) is 23.7 Å². The number of β-amino-alcohol motifs (C(OH)–C–C–N with tert-alkyl or cyclic N) is 2. The molecule has 7 heteroatoms. The number of ether oxygens (including phenoxy) is 1. The van der Waals surface area contributed by atoms with Crippen molar-refractivity contribution in [2.75, 3.05) is 25.0 Å². The summed E-state index contributed by atoms with van der Waals surface area (Å²) >= 11 is 0. The number of anilines is 1. The number of amides is 1. The maximum absolute atomic E-state index is 13.1. The normalized spacial score (nSPS) is 28.7. The molecule has 1 amide bonds. The van der Waals surface area contributed by atoms with E-state index in [1.54, 1.807) is 12.1 Å². The second-order valence-corrected chi connectivity index (χ2v) is 9.11. The van der Waals surface area contributed by atoms with Crippen LogP contribution in [0.2, 0.25) is 0 Å². The topological polar surface area (TPSA) is 82.0 Å². The van der Waals surface area contributed by atoms with Crippen molar-refractivity contribution in [3.8, 4) is 5.75 Å². The number of nitrogens with zero attached hydrogens (tertiary/aromatic N) is 1. The number of benzene rings is 2. The zero-order valence-electron chi connectivity index (χ0n) is 17.3. The van der Waals surface area contributed by atoms with E-state index < -0.39 is 11.7 Å². The van der Waals surface area contributed by atoms with Crippen LogP contribution >= 0.6 is 0 Å². The molecule has 0 aromatic heterocycles. The molecule has 2 fully saturated rings. The average Bonchev–Trinajstić information content (AvgIpc) is 3.19. The number of aliphatic hydroxyl groups excluding tert-OH is 1. The van der Waals surface area contributed by atoms with Gasteiger partial charge >= 0.3 is 0 Å². The van der Waals surface area contributed by atoms with E-state index in [2.05, 4.69) is 10.2 Å². The first-order valence-electron chi connectivity index (χ1n) is 10.9. The van der Waals surface area contributed by atoms with E-state index in [0.717, 1.165) is 23.2 Å². The van der Waals surface area contributed by atoms with E-state index in [1.807, 2.05) is 18.2 Å². The minimum Gasteiger partial charge on any atom is -0.490 e. The van der Waals surface area contributed by atoms with Crippen LogP contribution in [-0.4, -0.2) is 52.4 Å². The monoisotopic (exact) mass is 426 g/mol. The fraction of sp³-hybridized carbons (Fsp3) is 0.458. The van der Waals surface area contributed by atoms with Crippen molar-refractivity contribution in [3.05, 3.63) is 59.4 Å². The van der Waals surface area contributed by atoms with Gasteiger partial charge in [0.25, 0.3) is 0 Å². The Morgan fingerprint density at radius 3 is 2.81 bits per heavy atom. The Bertz CT molecular complexity index is 982. The lowest BCUT2D eigenvalue weighted by molar-refractivity contribution is -0.116. The summed E-state index contributed by atoms with van der Waals surface area (Å²) in [6.07, 6.45) is 1.66. The second-order valence-electron chi connectivity index (χ2n) is 9.11. The molecule has 5 rings (SSSR count). The molecule has 4 atom stereocenters. The average molecular weight is 426 g/mol. The summed E-state index contributed by atoms with van der Waals surface area (Å²) in [5.74, 6) is 0.432. The molecule has 2 aromatic rings. The Morgan fingerprint density at radius 2 is 2.03 bits per heavy atom. The van der Waals surface area contributed by atoms with Gasteiger partial charge in [-0.05, 0) is 54.3 Å². The molecule has 2 aromatic carbocycles. The number of hydrogen-bond acceptors (Lipinski definition) is 5. The summed E-state index contributed by atoms with van der Waals surface area (Å²) in [6, 6.07) is 11.6. The molecule has 2 aliphatic heterocycles. The zero-order chi connectivity index (χ0) is 21.6. The van der Waals surface area contributed by atoms with Gasteiger partial charge in [0.2, 0.25) is 5.91 Å². The van der Waals surface area contributed by atoms with E-state index in [9.17, 15) is 19.4 Å². The summed E-state index contributed by atoms with van der Waals surface area (Å²) < 4.78 is 19.0. The smallest absolute Gasteiger partial charge is 0.224 e. The van der Waals surface area contributed by atoms with Gasteiger partial charge in [-0.25, -0.2) is 4.39 Å². The van der Waals surface area contributed by atoms with Crippen molar-refractivity contribution < 1.29 is 24.1 Å². The predicted octanol–water partition coefficient (Wildman–Crippen LogP) is 2.65. The molecule has 1 saturated heterocycles. The van der Waals surface area contributed by atoms with Crippen LogP contribution in [0.1, 0.15) is 36.5 Å². The molecule has 0 spiro atoms. The minimum absolute atomic E-state index is 0.0272. The lowest BCUT2D eigenvalue weighted by atomic mass is 9.95. The molecule has 3 N–H and O–H groups in total. The largest absolute Gasteiger partial charge is 0.490 e. The fourth-order valence-electron chi connectivity index (χ4n) is 5.28. The van der Waals surface area contributed by atoms with Crippen LogP contribution < -0.4 is 10.1 Å². The molecular weight excluding hydrogens is 399 g/mol. The van der Waals surface area contributed by atoms with Crippen molar-refractivity contribution in [1.82, 2.24) is 4.90 Å². The molecule has 3 aliphatic rings. The predicted molar refractivity (Wildman–Crippen MR) is 113 cm³/mol. The number of aliphatic hydroxyl groups is 2. The number of likely N-dealkylation sites (tertiary alicyclic amines) is 1. The summed E-state index contributed by atoms with van der Waals surface area (Å²) in [7, 11) is 0. The highest BCUT2D eigenvalue weighted by molar-refractivity contribution is 5.93. The van der Waals surface area contributed by atoms with E-state index in [0.29, 0.717) is 44.6 Å². The number of halogens is 1. The standard InChI is InChI=1S/C24H27FN2O4/c25-18-3-5-19(6-4-18)31-20-10-17-12-27(14-24(17,30)11-20)13-22(28)16-1-7-21-15(9-16)2-8-23(29)26-21/h1,3-7,9,17,20,22,28,30H,2,8,10-14H2,(H,26,29)/t17-,20+,22+,24-/m1/s1. The van der Waals surface area contributed by atoms with Crippen LogP contribution in [0.15, 0.2) is 42.5 Å². The molecule has 0 bridgehead atoms. The van der Waals surface area contributed by atoms with E-state index in [1.165, 1.54) is 12.1 Å². The number of rotatable bonds is 5. The number of hydrogen-bond donors (Lipinski definition) is 3. The molecule has 1 saturated carbocycles. The van der Waals surface area contributed by atoms with Gasteiger partial charge in [-0.1, -0.05) is 12.1 Å². The summed E-state index contributed by atoms with van der Waals surface area (Å²) in [4.78, 5) is 13.6. The third kappa shape index (κ3) is 4.18. The van der Waals surface area contributed by atoms with Gasteiger partial charge in [0, 0.05) is 44.1 Å².